The van der Waals surface area contributed by atoms with E-state index in [2.05, 4.69) is 54.5 Å². The molecule has 0 aliphatic carbocycles. The fraction of sp³-hybridized carbons (Fsp3) is 0.346. The minimum absolute atomic E-state index is 0.208. The zero-order valence-electron chi connectivity index (χ0n) is 20.2. The molecule has 2 heterocycles. The molecule has 0 amide bonds. The highest BCUT2D eigenvalue weighted by molar-refractivity contribution is 7.98. The average molecular weight is 495 g/mol. The van der Waals surface area contributed by atoms with Crippen LogP contribution in [-0.2, 0) is 0 Å². The number of rotatable bonds is 8. The number of ether oxygens (including phenoxy) is 1. The highest BCUT2D eigenvalue weighted by Crippen LogP contribution is 2.38. The van der Waals surface area contributed by atoms with Gasteiger partial charge in [-0.2, -0.15) is 4.98 Å². The van der Waals surface area contributed by atoms with E-state index < -0.39 is 0 Å². The third kappa shape index (κ3) is 5.13. The number of benzene rings is 2. The number of hydrogen-bond acceptors (Lipinski definition) is 6. The van der Waals surface area contributed by atoms with Crippen LogP contribution in [0.4, 0.5) is 0 Å². The van der Waals surface area contributed by atoms with Gasteiger partial charge in [-0.15, -0.1) is 11.8 Å². The molecule has 4 rings (SSSR count). The lowest BCUT2D eigenvalue weighted by Gasteiger charge is -2.37. The maximum absolute atomic E-state index is 5.83. The zero-order chi connectivity index (χ0) is 24.2. The first-order valence-electron chi connectivity index (χ1n) is 11.3. The first-order chi connectivity index (χ1) is 16.4. The van der Waals surface area contributed by atoms with Crippen molar-refractivity contribution >= 4 is 34.7 Å². The van der Waals surface area contributed by atoms with E-state index in [9.17, 15) is 0 Å². The van der Waals surface area contributed by atoms with Gasteiger partial charge >= 0.3 is 0 Å². The maximum atomic E-state index is 5.83. The molecule has 1 unspecified atom stereocenters. The van der Waals surface area contributed by atoms with Crippen LogP contribution in [0.5, 0.6) is 5.75 Å². The van der Waals surface area contributed by atoms with E-state index in [0.29, 0.717) is 22.7 Å². The number of thioether (sulfide) groups is 1. The molecule has 0 radical (unpaired) electrons. The van der Waals surface area contributed by atoms with Crippen LogP contribution in [0.25, 0.3) is 17.0 Å². The van der Waals surface area contributed by atoms with Crippen molar-refractivity contribution in [2.75, 3.05) is 19.9 Å². The Morgan fingerprint density at radius 3 is 2.47 bits per heavy atom. The monoisotopic (exact) mass is 494 g/mol. The summed E-state index contributed by atoms with van der Waals surface area (Å²) in [4.78, 5) is 8.13. The molecule has 1 aliphatic heterocycles. The summed E-state index contributed by atoms with van der Waals surface area (Å²) < 4.78 is 11.2. The lowest BCUT2D eigenvalue weighted by atomic mass is 9.94. The lowest BCUT2D eigenvalue weighted by molar-refractivity contribution is 0.390. The molecular formula is C26H30N4O2S2. The third-order valence-electron chi connectivity index (χ3n) is 5.98. The quantitative estimate of drug-likeness (QED) is 0.294. The molecular weight excluding hydrogens is 464 g/mol. The number of allylic oxidation sites excluding steroid dienone is 1. The molecule has 1 atom stereocenters. The topological polar surface area (TPSA) is 63.4 Å². The van der Waals surface area contributed by atoms with Gasteiger partial charge in [-0.1, -0.05) is 31.1 Å². The van der Waals surface area contributed by atoms with Crippen molar-refractivity contribution < 1.29 is 9.26 Å². The largest absolute Gasteiger partial charge is 0.497 e. The van der Waals surface area contributed by atoms with Crippen LogP contribution in [0, 0.1) is 5.92 Å². The molecule has 0 saturated heterocycles. The second-order valence-corrected chi connectivity index (χ2v) is 9.91. The Kier molecular flexibility index (Phi) is 7.58. The summed E-state index contributed by atoms with van der Waals surface area (Å²) in [5.74, 6) is 2.43. The van der Waals surface area contributed by atoms with Crippen molar-refractivity contribution in [1.29, 1.82) is 0 Å². The second-order valence-electron chi connectivity index (χ2n) is 8.64. The standard InChI is InChI=1S/C26H30N4O2S2/c1-16(2)14-15-30-17(3)22(23(27-26(30)33)18-6-10-20(31-4)11-7-18)25-28-24(29-32-25)19-8-12-21(34-5)13-9-19/h6-13,16,23H,14-15H2,1-5H3,(H,27,33). The SMILES string of the molecule is COc1ccc(C2NC(=S)N(CCC(C)C)C(C)=C2c2nc(-c3ccc(SC)cc3)no2)cc1. The Labute approximate surface area is 210 Å². The molecule has 0 bridgehead atoms. The lowest BCUT2D eigenvalue weighted by Crippen LogP contribution is -2.46. The molecule has 8 heteroatoms. The van der Waals surface area contributed by atoms with Crippen molar-refractivity contribution in [2.45, 2.75) is 38.1 Å². The van der Waals surface area contributed by atoms with Gasteiger partial charge in [0.25, 0.3) is 5.89 Å². The number of nitrogens with zero attached hydrogens (tertiary/aromatic N) is 3. The Morgan fingerprint density at radius 1 is 1.15 bits per heavy atom. The van der Waals surface area contributed by atoms with Gasteiger partial charge in [0, 0.05) is 22.7 Å². The van der Waals surface area contributed by atoms with Crippen LogP contribution in [0.15, 0.2) is 63.6 Å². The highest BCUT2D eigenvalue weighted by Gasteiger charge is 2.34. The number of nitrogens with one attached hydrogen (secondary N) is 1. The van der Waals surface area contributed by atoms with Gasteiger partial charge in [0.05, 0.1) is 18.7 Å². The van der Waals surface area contributed by atoms with Crippen LogP contribution >= 0.6 is 24.0 Å². The third-order valence-corrected chi connectivity index (χ3v) is 7.06. The van der Waals surface area contributed by atoms with Crippen LogP contribution in [0.2, 0.25) is 0 Å². The summed E-state index contributed by atoms with van der Waals surface area (Å²) in [5, 5.41) is 8.52. The molecule has 34 heavy (non-hydrogen) atoms. The normalized spacial score (nSPS) is 16.2. The molecule has 6 nitrogen and oxygen atoms in total. The maximum Gasteiger partial charge on any atom is 0.258 e. The smallest absolute Gasteiger partial charge is 0.258 e. The fourth-order valence-electron chi connectivity index (χ4n) is 3.95. The Bertz CT molecular complexity index is 1170. The van der Waals surface area contributed by atoms with E-state index in [1.165, 1.54) is 4.90 Å². The zero-order valence-corrected chi connectivity index (χ0v) is 21.8. The van der Waals surface area contributed by atoms with E-state index in [1.54, 1.807) is 18.9 Å². The Morgan fingerprint density at radius 2 is 1.85 bits per heavy atom. The summed E-state index contributed by atoms with van der Waals surface area (Å²) in [6, 6.07) is 15.9. The van der Waals surface area contributed by atoms with Crippen molar-refractivity contribution in [2.24, 2.45) is 5.92 Å². The fourth-order valence-corrected chi connectivity index (χ4v) is 4.71. The molecule has 0 saturated carbocycles. The van der Waals surface area contributed by atoms with E-state index in [0.717, 1.165) is 41.1 Å². The van der Waals surface area contributed by atoms with E-state index in [-0.39, 0.29) is 6.04 Å². The van der Waals surface area contributed by atoms with E-state index in [1.807, 2.05) is 36.4 Å². The Hall–Kier alpha value is -2.84. The summed E-state index contributed by atoms with van der Waals surface area (Å²) >= 11 is 7.48. The summed E-state index contributed by atoms with van der Waals surface area (Å²) in [6.45, 7) is 7.34. The van der Waals surface area contributed by atoms with Crippen LogP contribution < -0.4 is 10.1 Å². The molecule has 178 valence electrons. The minimum atomic E-state index is -0.208. The summed E-state index contributed by atoms with van der Waals surface area (Å²) in [6.07, 6.45) is 3.08. The van der Waals surface area contributed by atoms with Crippen molar-refractivity contribution in [3.05, 3.63) is 65.7 Å². The van der Waals surface area contributed by atoms with Gasteiger partial charge in [-0.05, 0) is 79.7 Å². The van der Waals surface area contributed by atoms with Crippen molar-refractivity contribution in [1.82, 2.24) is 20.4 Å². The van der Waals surface area contributed by atoms with Crippen molar-refractivity contribution in [3.63, 3.8) is 0 Å². The van der Waals surface area contributed by atoms with Gasteiger partial charge in [0.2, 0.25) is 5.82 Å². The molecule has 1 aromatic heterocycles. The van der Waals surface area contributed by atoms with Gasteiger partial charge in [0.1, 0.15) is 5.75 Å². The number of hydrogen-bond donors (Lipinski definition) is 1. The molecule has 0 fully saturated rings. The first-order valence-corrected chi connectivity index (χ1v) is 13.0. The van der Waals surface area contributed by atoms with E-state index in [4.69, 9.17) is 26.5 Å². The molecule has 3 aromatic rings. The number of aromatic nitrogens is 2. The van der Waals surface area contributed by atoms with Crippen LogP contribution in [-0.4, -0.2) is 40.1 Å². The molecule has 2 aromatic carbocycles. The van der Waals surface area contributed by atoms with Crippen LogP contribution in [0.1, 0.15) is 44.7 Å². The Balaban J connectivity index is 1.75. The molecule has 1 aliphatic rings. The van der Waals surface area contributed by atoms with Gasteiger partial charge in [0.15, 0.2) is 5.11 Å². The minimum Gasteiger partial charge on any atom is -0.497 e. The summed E-state index contributed by atoms with van der Waals surface area (Å²) in [5.41, 5.74) is 3.92. The number of thiocarbonyl (C=S) groups is 1. The van der Waals surface area contributed by atoms with Gasteiger partial charge < -0.3 is 19.5 Å². The van der Waals surface area contributed by atoms with Crippen LogP contribution in [0.3, 0.4) is 0 Å². The first kappa shape index (κ1) is 24.3. The van der Waals surface area contributed by atoms with E-state index >= 15 is 0 Å². The highest BCUT2D eigenvalue weighted by atomic mass is 32.2. The molecule has 1 N–H and O–H groups in total. The van der Waals surface area contributed by atoms with Gasteiger partial charge in [-0.25, -0.2) is 0 Å². The molecule has 0 spiro atoms. The predicted molar refractivity (Wildman–Crippen MR) is 142 cm³/mol. The second kappa shape index (κ2) is 10.6. The summed E-state index contributed by atoms with van der Waals surface area (Å²) in [7, 11) is 1.66. The number of methoxy groups -OCH3 is 1. The van der Waals surface area contributed by atoms with Gasteiger partial charge in [-0.3, -0.25) is 0 Å². The average Bonchev–Trinajstić information content (AvgIpc) is 3.33. The predicted octanol–water partition coefficient (Wildman–Crippen LogP) is 6.18. The van der Waals surface area contributed by atoms with Crippen molar-refractivity contribution in [3.8, 4) is 17.1 Å².